The molecule has 0 saturated heterocycles. The zero-order valence-electron chi connectivity index (χ0n) is 15.8. The van der Waals surface area contributed by atoms with Gasteiger partial charge in [-0.05, 0) is 55.0 Å². The highest BCUT2D eigenvalue weighted by Crippen LogP contribution is 2.28. The summed E-state index contributed by atoms with van der Waals surface area (Å²) in [6.45, 7) is 2.58. The van der Waals surface area contributed by atoms with Crippen LogP contribution in [0.4, 0.5) is 0 Å². The Kier molecular flexibility index (Phi) is 6.22. The summed E-state index contributed by atoms with van der Waals surface area (Å²) in [5.74, 6) is 4.62. The molecule has 4 rings (SSSR count). The quantitative estimate of drug-likeness (QED) is 0.321. The van der Waals surface area contributed by atoms with Crippen molar-refractivity contribution in [2.75, 3.05) is 6.61 Å². The molecule has 2 aromatic carbocycles. The molecule has 0 aliphatic rings. The normalized spacial score (nSPS) is 11.0. The fraction of sp³-hybridized carbons (Fsp3) is 0.182. The lowest BCUT2D eigenvalue weighted by molar-refractivity contribution is 0.340. The van der Waals surface area contributed by atoms with Crippen LogP contribution in [-0.2, 0) is 11.5 Å². The van der Waals surface area contributed by atoms with Crippen LogP contribution >= 0.6 is 23.4 Å². The van der Waals surface area contributed by atoms with Gasteiger partial charge < -0.3 is 13.7 Å². The largest absolute Gasteiger partial charge is 0.494 e. The molecular formula is C22H19ClN2O3S. The lowest BCUT2D eigenvalue weighted by Gasteiger charge is -2.02. The molecule has 0 unspecified atom stereocenters. The van der Waals surface area contributed by atoms with E-state index in [1.165, 1.54) is 0 Å². The zero-order chi connectivity index (χ0) is 20.1. The van der Waals surface area contributed by atoms with Crippen LogP contribution in [0.5, 0.6) is 5.75 Å². The zero-order valence-corrected chi connectivity index (χ0v) is 17.4. The third-order valence-corrected chi connectivity index (χ3v) is 5.55. The molecule has 0 N–H and O–H groups in total. The maximum atomic E-state index is 6.20. The lowest BCUT2D eigenvalue weighted by atomic mass is 10.2. The van der Waals surface area contributed by atoms with E-state index in [-0.39, 0.29) is 0 Å². The molecule has 4 aromatic rings. The predicted molar refractivity (Wildman–Crippen MR) is 115 cm³/mol. The van der Waals surface area contributed by atoms with Crippen molar-refractivity contribution in [2.45, 2.75) is 18.4 Å². The van der Waals surface area contributed by atoms with E-state index in [1.54, 1.807) is 11.8 Å². The van der Waals surface area contributed by atoms with Crippen molar-refractivity contribution in [1.29, 1.82) is 0 Å². The van der Waals surface area contributed by atoms with Gasteiger partial charge in [-0.3, -0.25) is 0 Å². The Morgan fingerprint density at radius 2 is 1.83 bits per heavy atom. The summed E-state index contributed by atoms with van der Waals surface area (Å²) in [5, 5.41) is 4.84. The van der Waals surface area contributed by atoms with Crippen LogP contribution in [0.2, 0.25) is 5.02 Å². The number of halogens is 1. The summed E-state index contributed by atoms with van der Waals surface area (Å²) in [7, 11) is 0. The van der Waals surface area contributed by atoms with E-state index in [9.17, 15) is 0 Å². The molecule has 29 heavy (non-hydrogen) atoms. The fourth-order valence-corrected chi connectivity index (χ4v) is 3.97. The summed E-state index contributed by atoms with van der Waals surface area (Å²) in [6, 6.07) is 19.2. The first-order chi connectivity index (χ1) is 14.2. The van der Waals surface area contributed by atoms with Crippen molar-refractivity contribution in [1.82, 2.24) is 10.1 Å². The van der Waals surface area contributed by atoms with Crippen LogP contribution in [0, 0.1) is 0 Å². The van der Waals surface area contributed by atoms with Gasteiger partial charge in [0.2, 0.25) is 5.82 Å². The monoisotopic (exact) mass is 426 g/mol. The van der Waals surface area contributed by atoms with E-state index in [0.717, 1.165) is 39.2 Å². The molecule has 148 valence electrons. The summed E-state index contributed by atoms with van der Waals surface area (Å²) < 4.78 is 16.7. The number of hydrogen-bond acceptors (Lipinski definition) is 6. The number of hydrogen-bond donors (Lipinski definition) is 0. The van der Waals surface area contributed by atoms with Gasteiger partial charge >= 0.3 is 0 Å². The number of ether oxygens (including phenoxy) is 1. The van der Waals surface area contributed by atoms with E-state index in [1.807, 2.05) is 67.6 Å². The minimum Gasteiger partial charge on any atom is -0.494 e. The van der Waals surface area contributed by atoms with E-state index in [0.29, 0.717) is 24.1 Å². The second-order valence-electron chi connectivity index (χ2n) is 6.23. The van der Waals surface area contributed by atoms with Crippen molar-refractivity contribution >= 4 is 23.4 Å². The van der Waals surface area contributed by atoms with Crippen LogP contribution in [0.1, 0.15) is 18.2 Å². The van der Waals surface area contributed by atoms with Crippen LogP contribution in [0.25, 0.3) is 23.0 Å². The van der Waals surface area contributed by atoms with Gasteiger partial charge in [-0.1, -0.05) is 35.0 Å². The van der Waals surface area contributed by atoms with Gasteiger partial charge in [0, 0.05) is 16.3 Å². The topological polar surface area (TPSA) is 61.3 Å². The molecule has 0 radical (unpaired) electrons. The SMILES string of the molecule is CCOc1ccc(-c2noc(-c3ccc(CSCc4ccccc4Cl)o3)n2)cc1. The Hall–Kier alpha value is -2.70. The smallest absolute Gasteiger partial charge is 0.293 e. The average molecular weight is 427 g/mol. The Morgan fingerprint density at radius 1 is 1.00 bits per heavy atom. The maximum absolute atomic E-state index is 6.20. The number of rotatable bonds is 8. The molecular weight excluding hydrogens is 408 g/mol. The Bertz CT molecular complexity index is 1080. The summed E-state index contributed by atoms with van der Waals surface area (Å²) in [6.07, 6.45) is 0. The van der Waals surface area contributed by atoms with Crippen LogP contribution < -0.4 is 4.74 Å². The molecule has 0 aliphatic heterocycles. The fourth-order valence-electron chi connectivity index (χ4n) is 2.76. The minimum atomic E-state index is 0.358. The molecule has 0 saturated carbocycles. The minimum absolute atomic E-state index is 0.358. The van der Waals surface area contributed by atoms with Gasteiger partial charge in [0.1, 0.15) is 11.5 Å². The van der Waals surface area contributed by atoms with Crippen LogP contribution in [0.3, 0.4) is 0 Å². The van der Waals surface area contributed by atoms with E-state index >= 15 is 0 Å². The van der Waals surface area contributed by atoms with E-state index < -0.39 is 0 Å². The molecule has 0 spiro atoms. The predicted octanol–water partition coefficient (Wildman–Crippen LogP) is 6.48. The lowest BCUT2D eigenvalue weighted by Crippen LogP contribution is -1.90. The first-order valence-electron chi connectivity index (χ1n) is 9.20. The average Bonchev–Trinajstić information content (AvgIpc) is 3.40. The maximum Gasteiger partial charge on any atom is 0.293 e. The van der Waals surface area contributed by atoms with Crippen molar-refractivity contribution < 1.29 is 13.7 Å². The molecule has 2 aromatic heterocycles. The highest BCUT2D eigenvalue weighted by Gasteiger charge is 2.14. The Balaban J connectivity index is 1.39. The molecule has 0 bridgehead atoms. The van der Waals surface area contributed by atoms with Gasteiger partial charge in [0.15, 0.2) is 5.76 Å². The van der Waals surface area contributed by atoms with Gasteiger partial charge in [-0.25, -0.2) is 0 Å². The molecule has 0 amide bonds. The number of benzene rings is 2. The highest BCUT2D eigenvalue weighted by atomic mass is 35.5. The Labute approximate surface area is 178 Å². The van der Waals surface area contributed by atoms with Gasteiger partial charge in [0.05, 0.1) is 12.4 Å². The number of nitrogens with zero attached hydrogens (tertiary/aromatic N) is 2. The Morgan fingerprint density at radius 3 is 2.62 bits per heavy atom. The third kappa shape index (κ3) is 4.83. The summed E-state index contributed by atoms with van der Waals surface area (Å²) in [5.41, 5.74) is 1.97. The number of furan rings is 1. The second-order valence-corrected chi connectivity index (χ2v) is 7.62. The summed E-state index contributed by atoms with van der Waals surface area (Å²) in [4.78, 5) is 4.44. The molecule has 2 heterocycles. The molecule has 0 aliphatic carbocycles. The second kappa shape index (κ2) is 9.20. The van der Waals surface area contributed by atoms with Gasteiger partial charge in [-0.2, -0.15) is 4.98 Å². The number of thioether (sulfide) groups is 1. The van der Waals surface area contributed by atoms with E-state index in [4.69, 9.17) is 25.3 Å². The van der Waals surface area contributed by atoms with Crippen molar-refractivity contribution in [2.24, 2.45) is 0 Å². The molecule has 0 fully saturated rings. The van der Waals surface area contributed by atoms with Gasteiger partial charge in [0.25, 0.3) is 5.89 Å². The number of aromatic nitrogens is 2. The van der Waals surface area contributed by atoms with Gasteiger partial charge in [-0.15, -0.1) is 11.8 Å². The molecule has 7 heteroatoms. The van der Waals surface area contributed by atoms with Crippen molar-refractivity contribution in [3.63, 3.8) is 0 Å². The van der Waals surface area contributed by atoms with Crippen LogP contribution in [-0.4, -0.2) is 16.7 Å². The van der Waals surface area contributed by atoms with Crippen molar-refractivity contribution in [3.8, 4) is 28.8 Å². The highest BCUT2D eigenvalue weighted by molar-refractivity contribution is 7.97. The van der Waals surface area contributed by atoms with Crippen molar-refractivity contribution in [3.05, 3.63) is 77.0 Å². The standard InChI is InChI=1S/C22H19ClN2O3S/c1-2-26-17-9-7-15(8-10-17)21-24-22(28-25-21)20-12-11-18(27-20)14-29-13-16-5-3-4-6-19(16)23/h3-12H,2,13-14H2,1H3. The first-order valence-corrected chi connectivity index (χ1v) is 10.7. The first kappa shape index (κ1) is 19.6. The van der Waals surface area contributed by atoms with E-state index in [2.05, 4.69) is 10.1 Å². The third-order valence-electron chi connectivity index (χ3n) is 4.18. The molecule has 0 atom stereocenters. The summed E-state index contributed by atoms with van der Waals surface area (Å²) >= 11 is 7.93. The van der Waals surface area contributed by atoms with Crippen LogP contribution in [0.15, 0.2) is 69.6 Å². The molecule has 5 nitrogen and oxygen atoms in total.